The van der Waals surface area contributed by atoms with Gasteiger partial charge in [0.1, 0.15) is 0 Å². The van der Waals surface area contributed by atoms with E-state index in [1.807, 2.05) is 0 Å². The normalized spacial score (nSPS) is 23.6. The van der Waals surface area contributed by atoms with Crippen LogP contribution in [0.3, 0.4) is 0 Å². The van der Waals surface area contributed by atoms with Crippen LogP contribution in [0.5, 0.6) is 0 Å². The molecule has 1 saturated heterocycles. The van der Waals surface area contributed by atoms with Crippen molar-refractivity contribution in [3.8, 4) is 0 Å². The molecule has 2 nitrogen and oxygen atoms in total. The molecule has 0 aromatic heterocycles. The quantitative estimate of drug-likeness (QED) is 0.863. The fraction of sp³-hybridized carbons (Fsp3) is 0.625. The van der Waals surface area contributed by atoms with Gasteiger partial charge in [0.15, 0.2) is 0 Å². The second kappa shape index (κ2) is 5.02. The summed E-state index contributed by atoms with van der Waals surface area (Å²) in [6, 6.07) is 10.8. The van der Waals surface area contributed by atoms with E-state index in [-0.39, 0.29) is 11.1 Å². The van der Waals surface area contributed by atoms with Gasteiger partial charge in [0.25, 0.3) is 0 Å². The SMILES string of the molecule is CC1(C)CN(Cc2ccccc2)C(C)(C)CCN1. The zero-order chi connectivity index (χ0) is 13.2. The van der Waals surface area contributed by atoms with Crippen molar-refractivity contribution in [2.24, 2.45) is 0 Å². The Hall–Kier alpha value is -0.860. The molecule has 1 aromatic rings. The van der Waals surface area contributed by atoms with Crippen LogP contribution < -0.4 is 5.32 Å². The van der Waals surface area contributed by atoms with E-state index < -0.39 is 0 Å². The third-order valence-electron chi connectivity index (χ3n) is 4.00. The molecule has 1 aliphatic heterocycles. The molecule has 100 valence electrons. The second-order valence-corrected chi connectivity index (χ2v) is 6.71. The molecular weight excluding hydrogens is 220 g/mol. The minimum absolute atomic E-state index is 0.197. The van der Waals surface area contributed by atoms with Crippen molar-refractivity contribution in [2.75, 3.05) is 13.1 Å². The van der Waals surface area contributed by atoms with E-state index in [1.54, 1.807) is 0 Å². The molecule has 1 aliphatic rings. The maximum absolute atomic E-state index is 3.65. The summed E-state index contributed by atoms with van der Waals surface area (Å²) < 4.78 is 0. The first-order valence-electron chi connectivity index (χ1n) is 6.93. The molecule has 1 N–H and O–H groups in total. The second-order valence-electron chi connectivity index (χ2n) is 6.71. The average molecular weight is 246 g/mol. The highest BCUT2D eigenvalue weighted by molar-refractivity contribution is 5.15. The predicted octanol–water partition coefficient (Wildman–Crippen LogP) is 3.04. The Balaban J connectivity index is 2.16. The summed E-state index contributed by atoms with van der Waals surface area (Å²) in [6.07, 6.45) is 1.20. The molecule has 0 spiro atoms. The summed E-state index contributed by atoms with van der Waals surface area (Å²) in [4.78, 5) is 2.61. The molecule has 2 rings (SSSR count). The first kappa shape index (κ1) is 13.6. The fourth-order valence-corrected chi connectivity index (χ4v) is 2.69. The van der Waals surface area contributed by atoms with Crippen LogP contribution in [0.2, 0.25) is 0 Å². The molecule has 18 heavy (non-hydrogen) atoms. The van der Waals surface area contributed by atoms with Gasteiger partial charge in [-0.3, -0.25) is 4.90 Å². The highest BCUT2D eigenvalue weighted by Gasteiger charge is 2.34. The lowest BCUT2D eigenvalue weighted by molar-refractivity contribution is 0.0980. The lowest BCUT2D eigenvalue weighted by atomic mass is 9.96. The van der Waals surface area contributed by atoms with Gasteiger partial charge in [-0.25, -0.2) is 0 Å². The fourth-order valence-electron chi connectivity index (χ4n) is 2.69. The molecule has 1 aromatic carbocycles. The third-order valence-corrected chi connectivity index (χ3v) is 4.00. The van der Waals surface area contributed by atoms with Gasteiger partial charge in [0, 0.05) is 24.2 Å². The van der Waals surface area contributed by atoms with Crippen molar-refractivity contribution in [1.29, 1.82) is 0 Å². The number of benzene rings is 1. The van der Waals surface area contributed by atoms with Gasteiger partial charge in [-0.15, -0.1) is 0 Å². The molecule has 0 saturated carbocycles. The van der Waals surface area contributed by atoms with E-state index in [0.29, 0.717) is 0 Å². The molecule has 1 heterocycles. The van der Waals surface area contributed by atoms with Crippen molar-refractivity contribution in [3.63, 3.8) is 0 Å². The van der Waals surface area contributed by atoms with E-state index in [9.17, 15) is 0 Å². The minimum Gasteiger partial charge on any atom is -0.310 e. The van der Waals surface area contributed by atoms with Gasteiger partial charge in [-0.1, -0.05) is 30.3 Å². The van der Waals surface area contributed by atoms with Crippen LogP contribution in [-0.4, -0.2) is 29.1 Å². The Kier molecular flexibility index (Phi) is 3.79. The molecule has 0 atom stereocenters. The Bertz CT molecular complexity index is 381. The maximum atomic E-state index is 3.65. The Morgan fingerprint density at radius 3 is 2.44 bits per heavy atom. The minimum atomic E-state index is 0.197. The summed E-state index contributed by atoms with van der Waals surface area (Å²) >= 11 is 0. The lowest BCUT2D eigenvalue weighted by Crippen LogP contribution is -2.50. The molecule has 0 aliphatic carbocycles. The first-order chi connectivity index (χ1) is 8.39. The zero-order valence-electron chi connectivity index (χ0n) is 12.2. The predicted molar refractivity (Wildman–Crippen MR) is 77.6 cm³/mol. The summed E-state index contributed by atoms with van der Waals surface area (Å²) in [5.74, 6) is 0. The van der Waals surface area contributed by atoms with E-state index in [1.165, 1.54) is 12.0 Å². The third kappa shape index (κ3) is 3.33. The number of nitrogens with one attached hydrogen (secondary N) is 1. The molecule has 0 radical (unpaired) electrons. The van der Waals surface area contributed by atoms with Crippen molar-refractivity contribution < 1.29 is 0 Å². The van der Waals surface area contributed by atoms with Gasteiger partial charge in [0.05, 0.1) is 0 Å². The topological polar surface area (TPSA) is 15.3 Å². The monoisotopic (exact) mass is 246 g/mol. The maximum Gasteiger partial charge on any atom is 0.0252 e. The van der Waals surface area contributed by atoms with Crippen LogP contribution in [-0.2, 0) is 6.54 Å². The summed E-state index contributed by atoms with van der Waals surface area (Å²) in [6.45, 7) is 12.6. The molecule has 2 heteroatoms. The van der Waals surface area contributed by atoms with Crippen molar-refractivity contribution in [2.45, 2.75) is 51.7 Å². The van der Waals surface area contributed by atoms with Crippen LogP contribution in [0.15, 0.2) is 30.3 Å². The summed E-state index contributed by atoms with van der Waals surface area (Å²) in [5.41, 5.74) is 1.86. The van der Waals surface area contributed by atoms with Gasteiger partial charge >= 0.3 is 0 Å². The molecule has 1 fully saturated rings. The Morgan fingerprint density at radius 2 is 1.78 bits per heavy atom. The number of nitrogens with zero attached hydrogens (tertiary/aromatic N) is 1. The highest BCUT2D eigenvalue weighted by Crippen LogP contribution is 2.26. The number of rotatable bonds is 2. The largest absolute Gasteiger partial charge is 0.310 e. The molecule has 0 amide bonds. The average Bonchev–Trinajstić information content (AvgIpc) is 2.37. The van der Waals surface area contributed by atoms with E-state index >= 15 is 0 Å². The van der Waals surface area contributed by atoms with Crippen molar-refractivity contribution >= 4 is 0 Å². The van der Waals surface area contributed by atoms with Gasteiger partial charge < -0.3 is 5.32 Å². The molecular formula is C16H26N2. The van der Waals surface area contributed by atoms with E-state index in [4.69, 9.17) is 0 Å². The van der Waals surface area contributed by atoms with Crippen LogP contribution in [0.1, 0.15) is 39.7 Å². The van der Waals surface area contributed by atoms with Crippen molar-refractivity contribution in [3.05, 3.63) is 35.9 Å². The number of hydrogen-bond acceptors (Lipinski definition) is 2. The highest BCUT2D eigenvalue weighted by atomic mass is 15.2. The summed E-state index contributed by atoms with van der Waals surface area (Å²) in [7, 11) is 0. The molecule has 0 unspecified atom stereocenters. The Labute approximate surface area is 111 Å². The standard InChI is InChI=1S/C16H26N2/c1-15(2)13-18(16(3,4)10-11-17-15)12-14-8-6-5-7-9-14/h5-9,17H,10-13H2,1-4H3. The van der Waals surface area contributed by atoms with Gasteiger partial charge in [-0.2, -0.15) is 0 Å². The zero-order valence-corrected chi connectivity index (χ0v) is 12.2. The lowest BCUT2D eigenvalue weighted by Gasteiger charge is -2.39. The van der Waals surface area contributed by atoms with Crippen LogP contribution in [0, 0.1) is 0 Å². The van der Waals surface area contributed by atoms with Crippen molar-refractivity contribution in [1.82, 2.24) is 10.2 Å². The smallest absolute Gasteiger partial charge is 0.0252 e. The molecule has 0 bridgehead atoms. The Morgan fingerprint density at radius 1 is 1.11 bits per heavy atom. The van der Waals surface area contributed by atoms with Crippen LogP contribution in [0.4, 0.5) is 0 Å². The van der Waals surface area contributed by atoms with Crippen LogP contribution >= 0.6 is 0 Å². The number of hydrogen-bond donors (Lipinski definition) is 1. The van der Waals surface area contributed by atoms with Gasteiger partial charge in [-0.05, 0) is 46.2 Å². The van der Waals surface area contributed by atoms with E-state index in [2.05, 4.69) is 68.2 Å². The summed E-state index contributed by atoms with van der Waals surface area (Å²) in [5, 5.41) is 3.65. The first-order valence-corrected chi connectivity index (χ1v) is 6.93. The van der Waals surface area contributed by atoms with Crippen LogP contribution in [0.25, 0.3) is 0 Å². The van der Waals surface area contributed by atoms with E-state index in [0.717, 1.165) is 19.6 Å². The van der Waals surface area contributed by atoms with Gasteiger partial charge in [0.2, 0.25) is 0 Å².